The molecule has 0 saturated carbocycles. The molecule has 1 N–H and O–H groups in total. The molecule has 0 fully saturated rings. The second-order valence-corrected chi connectivity index (χ2v) is 8.59. The van der Waals surface area contributed by atoms with E-state index >= 15 is 0 Å². The van der Waals surface area contributed by atoms with Gasteiger partial charge in [-0.25, -0.2) is 8.42 Å². The predicted octanol–water partition coefficient (Wildman–Crippen LogP) is 3.47. The van der Waals surface area contributed by atoms with Crippen molar-refractivity contribution in [2.45, 2.75) is 19.5 Å². The van der Waals surface area contributed by atoms with Crippen LogP contribution in [-0.2, 0) is 21.4 Å². The van der Waals surface area contributed by atoms with E-state index in [1.54, 1.807) is 42.5 Å². The van der Waals surface area contributed by atoms with Crippen LogP contribution in [0.25, 0.3) is 0 Å². The molecular weight excluding hydrogens is 411 g/mol. The Morgan fingerprint density at radius 3 is 2.52 bits per heavy atom. The number of methoxy groups -OCH3 is 1. The van der Waals surface area contributed by atoms with Gasteiger partial charge in [-0.15, -0.1) is 0 Å². The SMILES string of the molecule is COc1cccc(N([C@@H](C)C(=O)NCc2ccc(Cl)cc2Cl)S(C)(=O)=O)c1. The lowest BCUT2D eigenvalue weighted by Gasteiger charge is -2.28. The van der Waals surface area contributed by atoms with Crippen LogP contribution in [0.4, 0.5) is 5.69 Å². The van der Waals surface area contributed by atoms with E-state index in [4.69, 9.17) is 27.9 Å². The molecule has 2 aromatic rings. The summed E-state index contributed by atoms with van der Waals surface area (Å²) in [4.78, 5) is 12.6. The Morgan fingerprint density at radius 1 is 1.22 bits per heavy atom. The maximum absolute atomic E-state index is 12.6. The molecule has 0 radical (unpaired) electrons. The van der Waals surface area contributed by atoms with Gasteiger partial charge >= 0.3 is 0 Å². The van der Waals surface area contributed by atoms with Crippen LogP contribution in [0.1, 0.15) is 12.5 Å². The molecule has 2 rings (SSSR count). The van der Waals surface area contributed by atoms with Gasteiger partial charge in [-0.3, -0.25) is 9.10 Å². The van der Waals surface area contributed by atoms with E-state index in [2.05, 4.69) is 5.32 Å². The molecule has 9 heteroatoms. The summed E-state index contributed by atoms with van der Waals surface area (Å²) in [6, 6.07) is 10.5. The highest BCUT2D eigenvalue weighted by atomic mass is 35.5. The van der Waals surface area contributed by atoms with Gasteiger partial charge in [0.1, 0.15) is 11.8 Å². The van der Waals surface area contributed by atoms with E-state index in [-0.39, 0.29) is 6.54 Å². The molecule has 0 aliphatic carbocycles. The third kappa shape index (κ3) is 5.51. The maximum atomic E-state index is 12.6. The summed E-state index contributed by atoms with van der Waals surface area (Å²) in [6.07, 6.45) is 1.05. The normalized spacial score (nSPS) is 12.3. The number of carbonyl (C=O) groups is 1. The molecule has 146 valence electrons. The molecule has 27 heavy (non-hydrogen) atoms. The van der Waals surface area contributed by atoms with Crippen LogP contribution in [0.3, 0.4) is 0 Å². The average molecular weight is 431 g/mol. The van der Waals surface area contributed by atoms with Gasteiger partial charge in [-0.05, 0) is 36.8 Å². The Balaban J connectivity index is 2.21. The lowest BCUT2D eigenvalue weighted by Crippen LogP contribution is -2.47. The van der Waals surface area contributed by atoms with Gasteiger partial charge in [0.05, 0.1) is 19.1 Å². The Labute approximate surface area is 169 Å². The molecule has 0 aliphatic heterocycles. The number of hydrogen-bond donors (Lipinski definition) is 1. The first-order chi connectivity index (χ1) is 12.6. The smallest absolute Gasteiger partial charge is 0.243 e. The summed E-state index contributed by atoms with van der Waals surface area (Å²) in [6.45, 7) is 1.66. The van der Waals surface area contributed by atoms with Crippen molar-refractivity contribution in [3.8, 4) is 5.75 Å². The standard InChI is InChI=1S/C18H20Cl2N2O4S/c1-12(18(23)21-11-13-7-8-14(19)9-17(13)20)22(27(3,24)25)15-5-4-6-16(10-15)26-2/h4-10,12H,11H2,1-3H3,(H,21,23)/t12-/m0/s1. The van der Waals surface area contributed by atoms with Crippen LogP contribution < -0.4 is 14.4 Å². The van der Waals surface area contributed by atoms with Gasteiger partial charge in [-0.1, -0.05) is 35.3 Å². The highest BCUT2D eigenvalue weighted by Crippen LogP contribution is 2.25. The topological polar surface area (TPSA) is 75.7 Å². The van der Waals surface area contributed by atoms with Crippen molar-refractivity contribution in [3.63, 3.8) is 0 Å². The second kappa shape index (κ2) is 8.82. The van der Waals surface area contributed by atoms with Crippen molar-refractivity contribution in [1.29, 1.82) is 0 Å². The quantitative estimate of drug-likeness (QED) is 0.729. The van der Waals surface area contributed by atoms with E-state index < -0.39 is 22.0 Å². The molecule has 0 unspecified atom stereocenters. The zero-order valence-corrected chi connectivity index (χ0v) is 17.4. The number of sulfonamides is 1. The van der Waals surface area contributed by atoms with Crippen LogP contribution >= 0.6 is 23.2 Å². The predicted molar refractivity (Wildman–Crippen MR) is 108 cm³/mol. The first-order valence-electron chi connectivity index (χ1n) is 7.98. The Kier molecular flexibility index (Phi) is 6.97. The molecule has 1 amide bonds. The van der Waals surface area contributed by atoms with E-state index in [0.29, 0.717) is 27.0 Å². The minimum atomic E-state index is -3.71. The minimum Gasteiger partial charge on any atom is -0.497 e. The largest absolute Gasteiger partial charge is 0.497 e. The molecule has 0 heterocycles. The Morgan fingerprint density at radius 2 is 1.93 bits per heavy atom. The zero-order valence-electron chi connectivity index (χ0n) is 15.1. The van der Waals surface area contributed by atoms with Gasteiger partial charge < -0.3 is 10.1 Å². The summed E-state index contributed by atoms with van der Waals surface area (Å²) in [5.74, 6) is 0.0240. The molecule has 6 nitrogen and oxygen atoms in total. The third-order valence-electron chi connectivity index (χ3n) is 3.86. The zero-order chi connectivity index (χ0) is 20.2. The lowest BCUT2D eigenvalue weighted by atomic mass is 10.2. The molecule has 0 aromatic heterocycles. The van der Waals surface area contributed by atoms with Crippen LogP contribution in [0.15, 0.2) is 42.5 Å². The molecule has 0 saturated heterocycles. The molecule has 0 spiro atoms. The number of halogens is 2. The average Bonchev–Trinajstić information content (AvgIpc) is 2.59. The Hall–Kier alpha value is -1.96. The fraction of sp³-hybridized carbons (Fsp3) is 0.278. The van der Waals surface area contributed by atoms with Gasteiger partial charge in [0, 0.05) is 22.7 Å². The summed E-state index contributed by atoms with van der Waals surface area (Å²) < 4.78 is 30.8. The molecule has 2 aromatic carbocycles. The first-order valence-corrected chi connectivity index (χ1v) is 10.6. The van der Waals surface area contributed by atoms with Crippen molar-refractivity contribution in [2.75, 3.05) is 17.7 Å². The Bertz CT molecular complexity index is 935. The molecule has 0 aliphatic rings. The fourth-order valence-corrected chi connectivity index (χ4v) is 4.19. The van der Waals surface area contributed by atoms with E-state index in [0.717, 1.165) is 10.6 Å². The van der Waals surface area contributed by atoms with Gasteiger partial charge in [-0.2, -0.15) is 0 Å². The van der Waals surface area contributed by atoms with E-state index in [1.165, 1.54) is 14.0 Å². The van der Waals surface area contributed by atoms with Crippen molar-refractivity contribution in [3.05, 3.63) is 58.1 Å². The van der Waals surface area contributed by atoms with Crippen molar-refractivity contribution >= 4 is 44.8 Å². The third-order valence-corrected chi connectivity index (χ3v) is 5.69. The number of rotatable bonds is 7. The van der Waals surface area contributed by atoms with E-state index in [1.807, 2.05) is 0 Å². The van der Waals surface area contributed by atoms with Crippen molar-refractivity contribution in [1.82, 2.24) is 5.32 Å². The summed E-state index contributed by atoms with van der Waals surface area (Å²) in [7, 11) is -2.23. The van der Waals surface area contributed by atoms with E-state index in [9.17, 15) is 13.2 Å². The number of nitrogens with one attached hydrogen (secondary N) is 1. The lowest BCUT2D eigenvalue weighted by molar-refractivity contribution is -0.122. The van der Waals surface area contributed by atoms with Crippen molar-refractivity contribution < 1.29 is 17.9 Å². The minimum absolute atomic E-state index is 0.148. The van der Waals surface area contributed by atoms with Crippen LogP contribution in [0.2, 0.25) is 10.0 Å². The van der Waals surface area contributed by atoms with Gasteiger partial charge in [0.25, 0.3) is 0 Å². The summed E-state index contributed by atoms with van der Waals surface area (Å²) >= 11 is 12.0. The van der Waals surface area contributed by atoms with Crippen LogP contribution in [-0.4, -0.2) is 33.7 Å². The van der Waals surface area contributed by atoms with Gasteiger partial charge in [0.2, 0.25) is 15.9 Å². The molecule has 0 bridgehead atoms. The van der Waals surface area contributed by atoms with Crippen LogP contribution in [0, 0.1) is 0 Å². The number of ether oxygens (including phenoxy) is 1. The number of amides is 1. The summed E-state index contributed by atoms with van der Waals surface area (Å²) in [5, 5.41) is 3.62. The number of hydrogen-bond acceptors (Lipinski definition) is 4. The maximum Gasteiger partial charge on any atom is 0.243 e. The number of nitrogens with zero attached hydrogens (tertiary/aromatic N) is 1. The number of carbonyl (C=O) groups excluding carboxylic acids is 1. The highest BCUT2D eigenvalue weighted by molar-refractivity contribution is 7.92. The second-order valence-electron chi connectivity index (χ2n) is 5.89. The molecular formula is C18H20Cl2N2O4S. The van der Waals surface area contributed by atoms with Gasteiger partial charge in [0.15, 0.2) is 0 Å². The molecule has 1 atom stereocenters. The highest BCUT2D eigenvalue weighted by Gasteiger charge is 2.29. The number of benzene rings is 2. The fourth-order valence-electron chi connectivity index (χ4n) is 2.55. The summed E-state index contributed by atoms with van der Waals surface area (Å²) in [5.41, 5.74) is 1.01. The van der Waals surface area contributed by atoms with Crippen LogP contribution in [0.5, 0.6) is 5.75 Å². The monoisotopic (exact) mass is 430 g/mol. The first kappa shape index (κ1) is 21.3. The number of anilines is 1. The van der Waals surface area contributed by atoms with Crippen molar-refractivity contribution in [2.24, 2.45) is 0 Å².